The van der Waals surface area contributed by atoms with E-state index in [0.29, 0.717) is 0 Å². The van der Waals surface area contributed by atoms with E-state index in [9.17, 15) is 0 Å². The van der Waals surface area contributed by atoms with Gasteiger partial charge in [-0.1, -0.05) is 97.6 Å². The maximum Gasteiger partial charge on any atom is 0.0346 e. The molecule has 242 valence electrons. The van der Waals surface area contributed by atoms with Crippen molar-refractivity contribution in [2.75, 3.05) is 0 Å². The first-order valence-corrected chi connectivity index (χ1v) is 17.1. The van der Waals surface area contributed by atoms with Crippen LogP contribution in [0.3, 0.4) is 0 Å². The van der Waals surface area contributed by atoms with Gasteiger partial charge in [0.2, 0.25) is 0 Å². The fourth-order valence-electron chi connectivity index (χ4n) is 7.05. The molecule has 0 fully saturated rings. The van der Waals surface area contributed by atoms with Gasteiger partial charge in [0.15, 0.2) is 0 Å². The molecule has 0 atom stereocenters. The molecule has 3 heteroatoms. The fraction of sp³-hybridized carbons (Fsp3) is 0.0208. The number of pyridine rings is 3. The van der Waals surface area contributed by atoms with Crippen molar-refractivity contribution in [3.63, 3.8) is 0 Å². The summed E-state index contributed by atoms with van der Waals surface area (Å²) in [7, 11) is 0. The zero-order chi connectivity index (χ0) is 34.6. The molecule has 0 saturated heterocycles. The summed E-state index contributed by atoms with van der Waals surface area (Å²) in [6, 6.07) is 46.3. The number of hydrogen-bond donors (Lipinski definition) is 0. The first kappa shape index (κ1) is 31.6. The van der Waals surface area contributed by atoms with Gasteiger partial charge in [0.05, 0.1) is 0 Å². The highest BCUT2D eigenvalue weighted by Gasteiger charge is 2.16. The Morgan fingerprint density at radius 1 is 0.431 bits per heavy atom. The second-order valence-electron chi connectivity index (χ2n) is 12.5. The summed E-state index contributed by atoms with van der Waals surface area (Å²) in [6.45, 7) is 5.42. The van der Waals surface area contributed by atoms with Crippen LogP contribution in [0.25, 0.3) is 88.0 Å². The van der Waals surface area contributed by atoms with Crippen LogP contribution >= 0.6 is 0 Å². The van der Waals surface area contributed by atoms with Gasteiger partial charge in [-0.25, -0.2) is 0 Å². The molecule has 3 heterocycles. The highest BCUT2D eigenvalue weighted by Crippen LogP contribution is 2.44. The lowest BCUT2D eigenvalue weighted by Crippen LogP contribution is -1.91. The zero-order valence-electron chi connectivity index (χ0n) is 28.4. The monoisotopic (exact) mass is 653 g/mol. The molecule has 9 rings (SSSR count). The number of benzene rings is 6. The summed E-state index contributed by atoms with van der Waals surface area (Å²) in [6.07, 6.45) is 16.7. The van der Waals surface area contributed by atoms with Gasteiger partial charge >= 0.3 is 0 Å². The standard InChI is InChI=1S/C43H27N3.C5H8/c1-3-32(34-5-2-18-46-27-34)23-33(4-1)38-10-6-30-9-13-41-39(11-7-31-8-12-40(38)42(30)43(31)41)37-25-35(28-14-19-44-20-15-28)24-36(26-37)29-16-21-45-22-17-29;1-3-5-4-2/h1-27H;3-5H,1H2,2H3/b;5-4-. The second-order valence-corrected chi connectivity index (χ2v) is 12.5. The van der Waals surface area contributed by atoms with Gasteiger partial charge in [0.25, 0.3) is 0 Å². The summed E-state index contributed by atoms with van der Waals surface area (Å²) in [5, 5.41) is 7.63. The predicted molar refractivity (Wildman–Crippen MR) is 216 cm³/mol. The Balaban J connectivity index is 0.000000702. The van der Waals surface area contributed by atoms with E-state index in [-0.39, 0.29) is 0 Å². The molecule has 0 amide bonds. The molecule has 0 aliphatic heterocycles. The van der Waals surface area contributed by atoms with E-state index in [1.54, 1.807) is 6.08 Å². The Hall–Kier alpha value is -6.71. The van der Waals surface area contributed by atoms with Crippen molar-refractivity contribution in [2.45, 2.75) is 6.92 Å². The number of hydrogen-bond acceptors (Lipinski definition) is 3. The summed E-state index contributed by atoms with van der Waals surface area (Å²) in [5.41, 5.74) is 11.7. The van der Waals surface area contributed by atoms with E-state index in [1.807, 2.05) is 62.3 Å². The average molecular weight is 654 g/mol. The molecule has 0 radical (unpaired) electrons. The van der Waals surface area contributed by atoms with Crippen molar-refractivity contribution >= 4 is 32.3 Å². The minimum atomic E-state index is 1.12. The van der Waals surface area contributed by atoms with Crippen LogP contribution in [0.5, 0.6) is 0 Å². The van der Waals surface area contributed by atoms with Crippen molar-refractivity contribution in [1.82, 2.24) is 15.0 Å². The topological polar surface area (TPSA) is 38.7 Å². The fourth-order valence-corrected chi connectivity index (χ4v) is 7.05. The molecule has 3 aromatic heterocycles. The molecule has 51 heavy (non-hydrogen) atoms. The normalized spacial score (nSPS) is 11.2. The van der Waals surface area contributed by atoms with E-state index in [1.165, 1.54) is 54.6 Å². The molecule has 0 aliphatic rings. The van der Waals surface area contributed by atoms with Gasteiger partial charge in [-0.15, -0.1) is 0 Å². The van der Waals surface area contributed by atoms with Gasteiger partial charge in [0.1, 0.15) is 0 Å². The molecule has 0 aliphatic carbocycles. The van der Waals surface area contributed by atoms with Crippen LogP contribution in [-0.2, 0) is 0 Å². The van der Waals surface area contributed by atoms with Gasteiger partial charge in [0, 0.05) is 42.7 Å². The first-order valence-electron chi connectivity index (χ1n) is 17.1. The molecule has 6 aromatic carbocycles. The third-order valence-corrected chi connectivity index (χ3v) is 9.43. The highest BCUT2D eigenvalue weighted by molar-refractivity contribution is 6.27. The SMILES string of the molecule is C=C/C=C\C.c1cncc(-c2cccc(-c3ccc4ccc5c(-c6cc(-c7ccncc7)cc(-c7ccncc7)c6)ccc6ccc3c4c65)c2)c1. The quantitative estimate of drug-likeness (QED) is 0.132. The summed E-state index contributed by atoms with van der Waals surface area (Å²) >= 11 is 0. The van der Waals surface area contributed by atoms with Crippen LogP contribution in [0.4, 0.5) is 0 Å². The zero-order valence-corrected chi connectivity index (χ0v) is 28.4. The molecule has 3 nitrogen and oxygen atoms in total. The van der Waals surface area contributed by atoms with E-state index >= 15 is 0 Å². The lowest BCUT2D eigenvalue weighted by Gasteiger charge is -2.18. The van der Waals surface area contributed by atoms with Crippen molar-refractivity contribution in [3.05, 3.63) is 189 Å². The molecule has 0 N–H and O–H groups in total. The third-order valence-electron chi connectivity index (χ3n) is 9.43. The van der Waals surface area contributed by atoms with Crippen LogP contribution in [0.15, 0.2) is 189 Å². The summed E-state index contributed by atoms with van der Waals surface area (Å²) in [5.74, 6) is 0. The number of allylic oxidation sites excluding steroid dienone is 3. The number of rotatable bonds is 6. The van der Waals surface area contributed by atoms with Crippen LogP contribution in [0.2, 0.25) is 0 Å². The average Bonchev–Trinajstić information content (AvgIpc) is 3.21. The summed E-state index contributed by atoms with van der Waals surface area (Å²) in [4.78, 5) is 12.9. The Morgan fingerprint density at radius 2 is 0.941 bits per heavy atom. The third kappa shape index (κ3) is 6.18. The Kier molecular flexibility index (Phi) is 8.68. The van der Waals surface area contributed by atoms with Crippen LogP contribution in [0.1, 0.15) is 6.92 Å². The predicted octanol–water partition coefficient (Wildman–Crippen LogP) is 12.9. The van der Waals surface area contributed by atoms with Crippen molar-refractivity contribution < 1.29 is 0 Å². The van der Waals surface area contributed by atoms with Crippen molar-refractivity contribution in [2.24, 2.45) is 0 Å². The lowest BCUT2D eigenvalue weighted by molar-refractivity contribution is 1.33. The molecule has 9 aromatic rings. The molecular weight excluding hydrogens is 619 g/mol. The van der Waals surface area contributed by atoms with Gasteiger partial charge in [-0.3, -0.25) is 15.0 Å². The molecule has 0 spiro atoms. The maximum absolute atomic E-state index is 4.34. The van der Waals surface area contributed by atoms with Crippen LogP contribution in [-0.4, -0.2) is 15.0 Å². The van der Waals surface area contributed by atoms with Gasteiger partial charge in [-0.05, 0) is 144 Å². The minimum Gasteiger partial charge on any atom is -0.265 e. The molecule has 0 bridgehead atoms. The highest BCUT2D eigenvalue weighted by atomic mass is 14.6. The summed E-state index contributed by atoms with van der Waals surface area (Å²) < 4.78 is 0. The smallest absolute Gasteiger partial charge is 0.0346 e. The lowest BCUT2D eigenvalue weighted by atomic mass is 9.86. The Morgan fingerprint density at radius 3 is 1.47 bits per heavy atom. The van der Waals surface area contributed by atoms with E-state index in [0.717, 1.165) is 33.4 Å². The number of aromatic nitrogens is 3. The largest absolute Gasteiger partial charge is 0.265 e. The maximum atomic E-state index is 4.34. The van der Waals surface area contributed by atoms with Crippen LogP contribution in [0, 0.1) is 0 Å². The number of nitrogens with zero attached hydrogens (tertiary/aromatic N) is 3. The van der Waals surface area contributed by atoms with E-state index < -0.39 is 0 Å². The van der Waals surface area contributed by atoms with Crippen molar-refractivity contribution in [3.8, 4) is 55.6 Å². The molecule has 0 unspecified atom stereocenters. The van der Waals surface area contributed by atoms with Crippen LogP contribution < -0.4 is 0 Å². The van der Waals surface area contributed by atoms with Gasteiger partial charge in [-0.2, -0.15) is 0 Å². The Labute approximate surface area is 298 Å². The van der Waals surface area contributed by atoms with E-state index in [4.69, 9.17) is 0 Å². The Bertz CT molecular complexity index is 2590. The van der Waals surface area contributed by atoms with Crippen molar-refractivity contribution in [1.29, 1.82) is 0 Å². The van der Waals surface area contributed by atoms with Gasteiger partial charge < -0.3 is 0 Å². The van der Waals surface area contributed by atoms with E-state index in [2.05, 4.69) is 143 Å². The molecule has 0 saturated carbocycles. The second kappa shape index (κ2) is 14.0. The molecular formula is C48H35N3. The minimum absolute atomic E-state index is 1.12. The first-order chi connectivity index (χ1) is 25.2.